The van der Waals surface area contributed by atoms with Crippen LogP contribution in [0.1, 0.15) is 30.4 Å². The third-order valence-electron chi connectivity index (χ3n) is 4.96. The van der Waals surface area contributed by atoms with Crippen LogP contribution in [0.15, 0.2) is 57.8 Å². The van der Waals surface area contributed by atoms with Crippen molar-refractivity contribution in [1.29, 1.82) is 0 Å². The van der Waals surface area contributed by atoms with Crippen molar-refractivity contribution in [3.8, 4) is 0 Å². The molecule has 0 saturated heterocycles. The minimum absolute atomic E-state index is 0.101. The summed E-state index contributed by atoms with van der Waals surface area (Å²) in [5.41, 5.74) is 3.06. The molecule has 7 heteroatoms. The fourth-order valence-electron chi connectivity index (χ4n) is 3.55. The predicted octanol–water partition coefficient (Wildman–Crippen LogP) is 2.95. The van der Waals surface area contributed by atoms with Gasteiger partial charge in [0, 0.05) is 25.9 Å². The Morgan fingerprint density at radius 1 is 1.07 bits per heavy atom. The van der Waals surface area contributed by atoms with Crippen LogP contribution in [-0.4, -0.2) is 31.6 Å². The van der Waals surface area contributed by atoms with Gasteiger partial charge in [-0.05, 0) is 36.1 Å². The molecule has 140 valence electrons. The summed E-state index contributed by atoms with van der Waals surface area (Å²) in [7, 11) is -3.67. The lowest BCUT2D eigenvalue weighted by molar-refractivity contribution is -0.132. The molecule has 2 aliphatic heterocycles. The molecule has 0 aliphatic carbocycles. The highest BCUT2D eigenvalue weighted by molar-refractivity contribution is 7.90. The van der Waals surface area contributed by atoms with Crippen LogP contribution >= 0.6 is 0 Å². The van der Waals surface area contributed by atoms with E-state index in [2.05, 4.69) is 21.8 Å². The fourth-order valence-corrected chi connectivity index (χ4v) is 4.72. The largest absolute Gasteiger partial charge is 0.342 e. The number of para-hydroxylation sites is 1. The molecule has 0 bridgehead atoms. The number of anilines is 1. The van der Waals surface area contributed by atoms with Gasteiger partial charge in [-0.25, -0.2) is 0 Å². The van der Waals surface area contributed by atoms with E-state index >= 15 is 0 Å². The SMILES string of the molecule is O=C(CCCC1=NS(=O)(=O)c2ccccc2N1)N1CCc2ccccc2C1. The Morgan fingerprint density at radius 3 is 2.67 bits per heavy atom. The van der Waals surface area contributed by atoms with E-state index < -0.39 is 10.0 Å². The van der Waals surface area contributed by atoms with Crippen molar-refractivity contribution in [3.63, 3.8) is 0 Å². The predicted molar refractivity (Wildman–Crippen MR) is 104 cm³/mol. The molecular weight excluding hydrogens is 362 g/mol. The monoisotopic (exact) mass is 383 g/mol. The number of hydrogen-bond donors (Lipinski definition) is 1. The van der Waals surface area contributed by atoms with Crippen LogP contribution in [0.3, 0.4) is 0 Å². The summed E-state index contributed by atoms with van der Waals surface area (Å²) in [6.07, 6.45) is 2.24. The molecule has 2 aliphatic rings. The molecule has 6 nitrogen and oxygen atoms in total. The molecule has 2 heterocycles. The summed E-state index contributed by atoms with van der Waals surface area (Å²) in [6, 6.07) is 14.9. The number of sulfonamides is 1. The van der Waals surface area contributed by atoms with Gasteiger partial charge in [0.15, 0.2) is 0 Å². The maximum atomic E-state index is 12.5. The number of fused-ring (bicyclic) bond motifs is 2. The average molecular weight is 383 g/mol. The molecule has 1 amide bonds. The van der Waals surface area contributed by atoms with E-state index in [4.69, 9.17) is 0 Å². The van der Waals surface area contributed by atoms with E-state index in [0.29, 0.717) is 37.3 Å². The van der Waals surface area contributed by atoms with Crippen LogP contribution in [0, 0.1) is 0 Å². The van der Waals surface area contributed by atoms with E-state index in [1.807, 2.05) is 17.0 Å². The van der Waals surface area contributed by atoms with Crippen molar-refractivity contribution in [2.75, 3.05) is 11.9 Å². The van der Waals surface area contributed by atoms with Crippen LogP contribution in [-0.2, 0) is 27.8 Å². The van der Waals surface area contributed by atoms with Gasteiger partial charge in [-0.1, -0.05) is 36.4 Å². The molecule has 2 aromatic carbocycles. The van der Waals surface area contributed by atoms with Crippen LogP contribution in [0.25, 0.3) is 0 Å². The Morgan fingerprint density at radius 2 is 1.81 bits per heavy atom. The number of benzene rings is 2. The fraction of sp³-hybridized carbons (Fsp3) is 0.300. The summed E-state index contributed by atoms with van der Waals surface area (Å²) >= 11 is 0. The second-order valence-corrected chi connectivity index (χ2v) is 8.39. The molecule has 1 N–H and O–H groups in total. The first-order valence-electron chi connectivity index (χ1n) is 9.07. The zero-order valence-corrected chi connectivity index (χ0v) is 15.7. The van der Waals surface area contributed by atoms with Crippen molar-refractivity contribution in [2.45, 2.75) is 37.1 Å². The lowest BCUT2D eigenvalue weighted by Gasteiger charge is -2.29. The van der Waals surface area contributed by atoms with Crippen molar-refractivity contribution in [3.05, 3.63) is 59.7 Å². The summed E-state index contributed by atoms with van der Waals surface area (Å²) in [6.45, 7) is 1.38. The topological polar surface area (TPSA) is 78.8 Å². The quantitative estimate of drug-likeness (QED) is 0.880. The van der Waals surface area contributed by atoms with Gasteiger partial charge in [-0.3, -0.25) is 4.79 Å². The van der Waals surface area contributed by atoms with Crippen LogP contribution in [0.5, 0.6) is 0 Å². The molecule has 0 saturated carbocycles. The second-order valence-electron chi connectivity index (χ2n) is 6.82. The summed E-state index contributed by atoms with van der Waals surface area (Å²) in [5, 5.41) is 3.06. The maximum absolute atomic E-state index is 12.5. The van der Waals surface area contributed by atoms with Crippen LogP contribution in [0.4, 0.5) is 5.69 Å². The van der Waals surface area contributed by atoms with Crippen molar-refractivity contribution < 1.29 is 13.2 Å². The molecule has 4 rings (SSSR count). The first-order valence-corrected chi connectivity index (χ1v) is 10.5. The number of hydrogen-bond acceptors (Lipinski definition) is 4. The first kappa shape index (κ1) is 17.7. The van der Waals surface area contributed by atoms with Crippen molar-refractivity contribution in [1.82, 2.24) is 4.90 Å². The molecule has 0 fully saturated rings. The van der Waals surface area contributed by atoms with E-state index in [0.717, 1.165) is 13.0 Å². The van der Waals surface area contributed by atoms with Crippen LogP contribution in [0.2, 0.25) is 0 Å². The molecule has 2 aromatic rings. The highest BCUT2D eigenvalue weighted by Gasteiger charge is 2.24. The number of amides is 1. The van der Waals surface area contributed by atoms with E-state index in [1.54, 1.807) is 18.2 Å². The standard InChI is InChI=1S/C20H21N3O3S/c24-20(23-13-12-15-6-1-2-7-16(15)14-23)11-5-10-19-21-17-8-3-4-9-18(17)27(25,26)22-19/h1-4,6-9H,5,10-14H2,(H,21,22). The maximum Gasteiger partial charge on any atom is 0.286 e. The summed E-state index contributed by atoms with van der Waals surface area (Å²) in [4.78, 5) is 14.6. The summed E-state index contributed by atoms with van der Waals surface area (Å²) < 4.78 is 28.3. The number of nitrogens with zero attached hydrogens (tertiary/aromatic N) is 2. The third kappa shape index (κ3) is 3.73. The molecule has 0 aromatic heterocycles. The minimum Gasteiger partial charge on any atom is -0.342 e. The van der Waals surface area contributed by atoms with Gasteiger partial charge in [0.2, 0.25) is 5.91 Å². The van der Waals surface area contributed by atoms with Gasteiger partial charge in [0.05, 0.1) is 5.69 Å². The smallest absolute Gasteiger partial charge is 0.286 e. The molecule has 0 spiro atoms. The number of nitrogens with one attached hydrogen (secondary N) is 1. The molecule has 27 heavy (non-hydrogen) atoms. The van der Waals surface area contributed by atoms with E-state index in [1.165, 1.54) is 17.2 Å². The normalized spacial score (nSPS) is 17.3. The van der Waals surface area contributed by atoms with Gasteiger partial charge < -0.3 is 10.2 Å². The van der Waals surface area contributed by atoms with Gasteiger partial charge in [-0.2, -0.15) is 8.42 Å². The number of rotatable bonds is 4. The van der Waals surface area contributed by atoms with Gasteiger partial charge in [0.1, 0.15) is 10.7 Å². The van der Waals surface area contributed by atoms with E-state index in [-0.39, 0.29) is 10.8 Å². The zero-order valence-electron chi connectivity index (χ0n) is 14.9. The van der Waals surface area contributed by atoms with Crippen molar-refractivity contribution >= 4 is 27.5 Å². The van der Waals surface area contributed by atoms with Gasteiger partial charge >= 0.3 is 0 Å². The minimum atomic E-state index is -3.67. The Hall–Kier alpha value is -2.67. The highest BCUT2D eigenvalue weighted by Crippen LogP contribution is 2.27. The van der Waals surface area contributed by atoms with Crippen molar-refractivity contribution in [2.24, 2.45) is 4.40 Å². The Labute approximate surface area is 159 Å². The Balaban J connectivity index is 1.34. The van der Waals surface area contributed by atoms with Gasteiger partial charge in [0.25, 0.3) is 10.0 Å². The lowest BCUT2D eigenvalue weighted by Crippen LogP contribution is -2.35. The molecule has 0 unspecified atom stereocenters. The molecule has 0 radical (unpaired) electrons. The Bertz CT molecular complexity index is 1010. The van der Waals surface area contributed by atoms with E-state index in [9.17, 15) is 13.2 Å². The molecule has 0 atom stereocenters. The summed E-state index contributed by atoms with van der Waals surface area (Å²) in [5.74, 6) is 0.495. The first-order chi connectivity index (χ1) is 13.0. The average Bonchev–Trinajstić information content (AvgIpc) is 2.67. The number of carbonyl (C=O) groups excluding carboxylic acids is 1. The van der Waals surface area contributed by atoms with Gasteiger partial charge in [-0.15, -0.1) is 4.40 Å². The van der Waals surface area contributed by atoms with Crippen LogP contribution < -0.4 is 5.32 Å². The highest BCUT2D eigenvalue weighted by atomic mass is 32.2. The second kappa shape index (κ2) is 7.15. The third-order valence-corrected chi connectivity index (χ3v) is 6.33. The number of amidine groups is 1. The zero-order chi connectivity index (χ0) is 18.9. The molecular formula is C20H21N3O3S. The number of carbonyl (C=O) groups is 1. The Kier molecular flexibility index (Phi) is 4.70. The lowest BCUT2D eigenvalue weighted by atomic mass is 9.99.